The summed E-state index contributed by atoms with van der Waals surface area (Å²) in [5, 5.41) is 11.5. The van der Waals surface area contributed by atoms with Gasteiger partial charge in [0.15, 0.2) is 5.58 Å². The van der Waals surface area contributed by atoms with E-state index in [9.17, 15) is 9.90 Å². The standard InChI is InChI=1S/C19H22O5/c1-19(2)9-12(20)16-14(24-19)8-13(22-3)15-10-6-4-5-7-11(10)18(21)23-17(15)16/h8,12,20H,4-7,9H2,1-3H3. The molecule has 1 aliphatic carbocycles. The molecule has 5 heteroatoms. The predicted molar refractivity (Wildman–Crippen MR) is 90.0 cm³/mol. The molecule has 1 aliphatic heterocycles. The Hall–Kier alpha value is -2.01. The Morgan fingerprint density at radius 3 is 2.67 bits per heavy atom. The van der Waals surface area contributed by atoms with Crippen molar-refractivity contribution in [1.82, 2.24) is 0 Å². The molecule has 4 rings (SSSR count). The van der Waals surface area contributed by atoms with Crippen LogP contribution in [-0.2, 0) is 12.8 Å². The molecule has 2 aliphatic rings. The van der Waals surface area contributed by atoms with E-state index in [0.717, 1.165) is 42.2 Å². The molecule has 1 atom stereocenters. The number of ether oxygens (including phenoxy) is 2. The fraction of sp³-hybridized carbons (Fsp3) is 0.526. The zero-order valence-corrected chi connectivity index (χ0v) is 14.3. The number of aliphatic hydroxyl groups excluding tert-OH is 1. The molecule has 1 aromatic carbocycles. The van der Waals surface area contributed by atoms with Crippen molar-refractivity contribution in [2.75, 3.05) is 7.11 Å². The number of rotatable bonds is 1. The van der Waals surface area contributed by atoms with Crippen molar-refractivity contribution in [3.63, 3.8) is 0 Å². The second-order valence-corrected chi connectivity index (χ2v) is 7.33. The molecule has 1 N–H and O–H groups in total. The van der Waals surface area contributed by atoms with Crippen LogP contribution in [0.25, 0.3) is 11.0 Å². The molecule has 0 saturated heterocycles. The third kappa shape index (κ3) is 2.22. The third-order valence-electron chi connectivity index (χ3n) is 5.08. The zero-order chi connectivity index (χ0) is 17.1. The maximum Gasteiger partial charge on any atom is 0.339 e. The molecule has 0 fully saturated rings. The van der Waals surface area contributed by atoms with Gasteiger partial charge in [-0.1, -0.05) is 0 Å². The normalized spacial score (nSPS) is 21.8. The fourth-order valence-electron chi connectivity index (χ4n) is 4.05. The predicted octanol–water partition coefficient (Wildman–Crippen LogP) is 3.27. The Bertz CT molecular complexity index is 878. The van der Waals surface area contributed by atoms with Crippen molar-refractivity contribution < 1.29 is 19.0 Å². The first kappa shape index (κ1) is 15.5. The van der Waals surface area contributed by atoms with E-state index in [4.69, 9.17) is 13.9 Å². The number of methoxy groups -OCH3 is 1. The van der Waals surface area contributed by atoms with Crippen LogP contribution in [0.5, 0.6) is 11.5 Å². The van der Waals surface area contributed by atoms with Gasteiger partial charge in [0.1, 0.15) is 17.1 Å². The molecule has 0 radical (unpaired) electrons. The highest BCUT2D eigenvalue weighted by molar-refractivity contribution is 5.92. The van der Waals surface area contributed by atoms with Crippen LogP contribution in [0.1, 0.15) is 55.9 Å². The van der Waals surface area contributed by atoms with Crippen LogP contribution in [0, 0.1) is 0 Å². The largest absolute Gasteiger partial charge is 0.496 e. The van der Waals surface area contributed by atoms with Gasteiger partial charge in [0.2, 0.25) is 0 Å². The average Bonchev–Trinajstić information content (AvgIpc) is 2.52. The lowest BCUT2D eigenvalue weighted by atomic mass is 9.86. The summed E-state index contributed by atoms with van der Waals surface area (Å²) < 4.78 is 17.3. The lowest BCUT2D eigenvalue weighted by molar-refractivity contribution is 0.0118. The van der Waals surface area contributed by atoms with E-state index in [1.54, 1.807) is 7.11 Å². The van der Waals surface area contributed by atoms with E-state index in [0.29, 0.717) is 29.1 Å². The van der Waals surface area contributed by atoms with Gasteiger partial charge in [0.25, 0.3) is 0 Å². The molecule has 128 valence electrons. The Kier molecular flexibility index (Phi) is 3.39. The van der Waals surface area contributed by atoms with Crippen LogP contribution < -0.4 is 15.1 Å². The maximum absolute atomic E-state index is 12.5. The zero-order valence-electron chi connectivity index (χ0n) is 14.3. The van der Waals surface area contributed by atoms with Gasteiger partial charge in [-0.25, -0.2) is 4.79 Å². The van der Waals surface area contributed by atoms with Gasteiger partial charge in [0.05, 0.1) is 24.2 Å². The van der Waals surface area contributed by atoms with Gasteiger partial charge < -0.3 is 19.0 Å². The summed E-state index contributed by atoms with van der Waals surface area (Å²) in [7, 11) is 1.60. The number of fused-ring (bicyclic) bond motifs is 5. The van der Waals surface area contributed by atoms with E-state index in [1.807, 2.05) is 19.9 Å². The number of benzene rings is 1. The van der Waals surface area contributed by atoms with Crippen LogP contribution in [-0.4, -0.2) is 17.8 Å². The lowest BCUT2D eigenvalue weighted by Gasteiger charge is -2.36. The van der Waals surface area contributed by atoms with Crippen molar-refractivity contribution in [3.8, 4) is 11.5 Å². The number of hydrogen-bond acceptors (Lipinski definition) is 5. The first-order valence-corrected chi connectivity index (χ1v) is 8.48. The molecule has 24 heavy (non-hydrogen) atoms. The van der Waals surface area contributed by atoms with Crippen molar-refractivity contribution in [3.05, 3.63) is 33.2 Å². The smallest absolute Gasteiger partial charge is 0.339 e. The highest BCUT2D eigenvalue weighted by Crippen LogP contribution is 2.47. The van der Waals surface area contributed by atoms with E-state index in [1.165, 1.54) is 0 Å². The summed E-state index contributed by atoms with van der Waals surface area (Å²) >= 11 is 0. The van der Waals surface area contributed by atoms with Gasteiger partial charge in [0, 0.05) is 18.1 Å². The maximum atomic E-state index is 12.5. The Morgan fingerprint density at radius 2 is 1.96 bits per heavy atom. The highest BCUT2D eigenvalue weighted by atomic mass is 16.5. The fourth-order valence-corrected chi connectivity index (χ4v) is 4.05. The summed E-state index contributed by atoms with van der Waals surface area (Å²) in [5.41, 5.74) is 1.94. The lowest BCUT2D eigenvalue weighted by Crippen LogP contribution is -2.35. The quantitative estimate of drug-likeness (QED) is 0.813. The van der Waals surface area contributed by atoms with Gasteiger partial charge in [-0.2, -0.15) is 0 Å². The first-order valence-electron chi connectivity index (χ1n) is 8.48. The molecule has 5 nitrogen and oxygen atoms in total. The van der Waals surface area contributed by atoms with Crippen molar-refractivity contribution >= 4 is 11.0 Å². The first-order chi connectivity index (χ1) is 11.4. The molecular formula is C19H22O5. The van der Waals surface area contributed by atoms with Crippen molar-refractivity contribution in [2.45, 2.75) is 57.7 Å². The summed E-state index contributed by atoms with van der Waals surface area (Å²) in [6.45, 7) is 3.86. The molecule has 1 aromatic heterocycles. The molecule has 0 amide bonds. The minimum Gasteiger partial charge on any atom is -0.496 e. The molecule has 2 heterocycles. The summed E-state index contributed by atoms with van der Waals surface area (Å²) in [6, 6.07) is 1.82. The van der Waals surface area contributed by atoms with Crippen molar-refractivity contribution in [2.24, 2.45) is 0 Å². The molecule has 0 saturated carbocycles. The Balaban J connectivity index is 2.11. The summed E-state index contributed by atoms with van der Waals surface area (Å²) in [4.78, 5) is 12.5. The SMILES string of the molecule is COc1cc2c(c3oc(=O)c4c(c13)CCCC4)C(O)CC(C)(C)O2. The number of aryl methyl sites for hydroxylation is 1. The second kappa shape index (κ2) is 5.24. The van der Waals surface area contributed by atoms with Crippen molar-refractivity contribution in [1.29, 1.82) is 0 Å². The minimum absolute atomic E-state index is 0.301. The highest BCUT2D eigenvalue weighted by Gasteiger charge is 2.37. The van der Waals surface area contributed by atoms with Crippen LogP contribution in [0.2, 0.25) is 0 Å². The second-order valence-electron chi connectivity index (χ2n) is 7.33. The van der Waals surface area contributed by atoms with Gasteiger partial charge in [-0.3, -0.25) is 0 Å². The van der Waals surface area contributed by atoms with Crippen LogP contribution >= 0.6 is 0 Å². The van der Waals surface area contributed by atoms with E-state index >= 15 is 0 Å². The van der Waals surface area contributed by atoms with Crippen LogP contribution in [0.3, 0.4) is 0 Å². The van der Waals surface area contributed by atoms with Gasteiger partial charge in [-0.05, 0) is 45.1 Å². The van der Waals surface area contributed by atoms with E-state index in [-0.39, 0.29) is 5.63 Å². The summed E-state index contributed by atoms with van der Waals surface area (Å²) in [5.74, 6) is 1.16. The minimum atomic E-state index is -0.734. The van der Waals surface area contributed by atoms with Gasteiger partial charge in [-0.15, -0.1) is 0 Å². The van der Waals surface area contributed by atoms with Crippen LogP contribution in [0.15, 0.2) is 15.3 Å². The topological polar surface area (TPSA) is 68.9 Å². The van der Waals surface area contributed by atoms with Gasteiger partial charge >= 0.3 is 5.63 Å². The number of hydrogen-bond donors (Lipinski definition) is 1. The Labute approximate surface area is 140 Å². The third-order valence-corrected chi connectivity index (χ3v) is 5.08. The molecule has 0 bridgehead atoms. The van der Waals surface area contributed by atoms with E-state index in [2.05, 4.69) is 0 Å². The number of aliphatic hydroxyl groups is 1. The monoisotopic (exact) mass is 330 g/mol. The Morgan fingerprint density at radius 1 is 1.25 bits per heavy atom. The molecule has 2 aromatic rings. The molecule has 1 unspecified atom stereocenters. The summed E-state index contributed by atoms with van der Waals surface area (Å²) in [6.07, 6.45) is 3.31. The molecular weight excluding hydrogens is 308 g/mol. The average molecular weight is 330 g/mol. The van der Waals surface area contributed by atoms with E-state index < -0.39 is 11.7 Å². The molecule has 0 spiro atoms. The van der Waals surface area contributed by atoms with Crippen LogP contribution in [0.4, 0.5) is 0 Å².